The summed E-state index contributed by atoms with van der Waals surface area (Å²) in [6, 6.07) is 4.87. The number of benzene rings is 1. The van der Waals surface area contributed by atoms with Gasteiger partial charge in [0.2, 0.25) is 11.9 Å². The minimum atomic E-state index is -0.509. The summed E-state index contributed by atoms with van der Waals surface area (Å²) in [7, 11) is 3.07. The van der Waals surface area contributed by atoms with E-state index in [-0.39, 0.29) is 17.8 Å². The maximum Gasteiger partial charge on any atom is 0.252 e. The zero-order valence-corrected chi connectivity index (χ0v) is 11.9. The number of carbonyl (C=O) groups is 2. The normalized spacial score (nSPS) is 19.3. The van der Waals surface area contributed by atoms with Gasteiger partial charge in [0.15, 0.2) is 0 Å². The number of piperidine rings is 1. The van der Waals surface area contributed by atoms with Crippen molar-refractivity contribution < 1.29 is 14.3 Å². The van der Waals surface area contributed by atoms with Crippen LogP contribution in [0.5, 0.6) is 5.75 Å². The van der Waals surface area contributed by atoms with Crippen molar-refractivity contribution >= 4 is 28.8 Å². The number of fused-ring (bicyclic) bond motifs is 1. The fourth-order valence-corrected chi connectivity index (χ4v) is 2.68. The Bertz CT molecular complexity index is 737. The second kappa shape index (κ2) is 4.76. The first-order valence-corrected chi connectivity index (χ1v) is 6.64. The molecule has 21 heavy (non-hydrogen) atoms. The van der Waals surface area contributed by atoms with Crippen LogP contribution in [0.15, 0.2) is 18.2 Å². The third-order valence-corrected chi connectivity index (χ3v) is 3.86. The minimum absolute atomic E-state index is 0.170. The molecule has 0 radical (unpaired) electrons. The van der Waals surface area contributed by atoms with Crippen molar-refractivity contribution in [2.45, 2.75) is 18.9 Å². The topological polar surface area (TPSA) is 90.4 Å². The smallest absolute Gasteiger partial charge is 0.252 e. The Labute approximate surface area is 121 Å². The third kappa shape index (κ3) is 2.01. The number of hydrogen-bond donors (Lipinski definition) is 1. The van der Waals surface area contributed by atoms with Crippen LogP contribution in [0, 0.1) is 0 Å². The number of ether oxygens (including phenoxy) is 1. The van der Waals surface area contributed by atoms with Crippen LogP contribution in [-0.2, 0) is 9.59 Å². The Morgan fingerprint density at radius 1 is 1.38 bits per heavy atom. The average molecular weight is 288 g/mol. The van der Waals surface area contributed by atoms with E-state index in [4.69, 9.17) is 10.5 Å². The van der Waals surface area contributed by atoms with Crippen molar-refractivity contribution in [1.29, 1.82) is 0 Å². The van der Waals surface area contributed by atoms with Crippen molar-refractivity contribution in [1.82, 2.24) is 14.5 Å². The Morgan fingerprint density at radius 3 is 2.86 bits per heavy atom. The molecular weight excluding hydrogens is 272 g/mol. The minimum Gasteiger partial charge on any atom is -0.497 e. The number of imide groups is 1. The molecule has 1 aromatic heterocycles. The van der Waals surface area contributed by atoms with Gasteiger partial charge in [0.25, 0.3) is 5.91 Å². The lowest BCUT2D eigenvalue weighted by atomic mass is 10.0. The summed E-state index contributed by atoms with van der Waals surface area (Å²) in [6.45, 7) is 0. The largest absolute Gasteiger partial charge is 0.497 e. The van der Waals surface area contributed by atoms with Gasteiger partial charge in [0.1, 0.15) is 11.8 Å². The van der Waals surface area contributed by atoms with Gasteiger partial charge < -0.3 is 10.5 Å². The fourth-order valence-electron chi connectivity index (χ4n) is 2.68. The van der Waals surface area contributed by atoms with Crippen LogP contribution in [0.1, 0.15) is 18.9 Å². The molecule has 1 saturated heterocycles. The molecule has 2 amide bonds. The summed E-state index contributed by atoms with van der Waals surface area (Å²) in [4.78, 5) is 29.4. The molecule has 2 aromatic rings. The maximum atomic E-state index is 12.4. The predicted octanol–water partition coefficient (Wildman–Crippen LogP) is 0.947. The number of likely N-dealkylation sites (tertiary alicyclic amines) is 1. The highest BCUT2D eigenvalue weighted by molar-refractivity contribution is 6.00. The Balaban J connectivity index is 2.13. The summed E-state index contributed by atoms with van der Waals surface area (Å²) in [5, 5.41) is 0. The maximum absolute atomic E-state index is 12.4. The highest BCUT2D eigenvalue weighted by atomic mass is 16.5. The number of aromatic nitrogens is 2. The lowest BCUT2D eigenvalue weighted by Crippen LogP contribution is -2.43. The van der Waals surface area contributed by atoms with Gasteiger partial charge in [-0.1, -0.05) is 0 Å². The molecule has 0 saturated carbocycles. The van der Waals surface area contributed by atoms with Gasteiger partial charge in [-0.2, -0.15) is 0 Å². The van der Waals surface area contributed by atoms with Crippen molar-refractivity contribution in [3.63, 3.8) is 0 Å². The number of rotatable bonds is 2. The molecular formula is C14H16N4O3. The van der Waals surface area contributed by atoms with Crippen molar-refractivity contribution in [2.24, 2.45) is 0 Å². The quantitative estimate of drug-likeness (QED) is 0.831. The number of carbonyl (C=O) groups excluding carboxylic acids is 2. The predicted molar refractivity (Wildman–Crippen MR) is 76.7 cm³/mol. The standard InChI is InChI=1S/C14H16N4O3/c1-17-12(19)6-5-10(13(17)20)18-11-7-8(21-2)3-4-9(11)16-14(18)15/h3-4,7,10H,5-6H2,1-2H3,(H2,15,16). The molecule has 0 spiro atoms. The number of imidazole rings is 1. The van der Waals surface area contributed by atoms with E-state index in [1.54, 1.807) is 29.9 Å². The average Bonchev–Trinajstić information content (AvgIpc) is 2.80. The molecule has 0 aliphatic carbocycles. The van der Waals surface area contributed by atoms with Crippen molar-refractivity contribution in [3.8, 4) is 5.75 Å². The van der Waals surface area contributed by atoms with E-state index < -0.39 is 6.04 Å². The second-order valence-corrected chi connectivity index (χ2v) is 5.04. The molecule has 2 N–H and O–H groups in total. The summed E-state index contributed by atoms with van der Waals surface area (Å²) < 4.78 is 6.89. The van der Waals surface area contributed by atoms with E-state index in [0.717, 1.165) is 10.4 Å². The fraction of sp³-hybridized carbons (Fsp3) is 0.357. The van der Waals surface area contributed by atoms with Crippen LogP contribution >= 0.6 is 0 Å². The Morgan fingerprint density at radius 2 is 2.14 bits per heavy atom. The number of anilines is 1. The second-order valence-electron chi connectivity index (χ2n) is 5.04. The molecule has 110 valence electrons. The van der Waals surface area contributed by atoms with Gasteiger partial charge in [-0.15, -0.1) is 0 Å². The van der Waals surface area contributed by atoms with Crippen LogP contribution in [0.25, 0.3) is 11.0 Å². The van der Waals surface area contributed by atoms with Crippen molar-refractivity contribution in [2.75, 3.05) is 19.9 Å². The molecule has 7 nitrogen and oxygen atoms in total. The van der Waals surface area contributed by atoms with E-state index in [1.165, 1.54) is 7.05 Å². The first kappa shape index (κ1) is 13.4. The molecule has 1 fully saturated rings. The Kier molecular flexibility index (Phi) is 3.04. The van der Waals surface area contributed by atoms with Gasteiger partial charge in [0.05, 0.1) is 18.1 Å². The van der Waals surface area contributed by atoms with Gasteiger partial charge >= 0.3 is 0 Å². The highest BCUT2D eigenvalue weighted by Crippen LogP contribution is 2.31. The number of nitrogens with zero attached hydrogens (tertiary/aromatic N) is 3. The molecule has 0 bridgehead atoms. The van der Waals surface area contributed by atoms with Crippen LogP contribution in [0.4, 0.5) is 5.95 Å². The molecule has 1 aliphatic rings. The summed E-state index contributed by atoms with van der Waals surface area (Å²) in [6.07, 6.45) is 0.741. The molecule has 1 unspecified atom stereocenters. The summed E-state index contributed by atoms with van der Waals surface area (Å²) >= 11 is 0. The lowest BCUT2D eigenvalue weighted by Gasteiger charge is -2.29. The van der Waals surface area contributed by atoms with Crippen LogP contribution in [-0.4, -0.2) is 40.4 Å². The van der Waals surface area contributed by atoms with Gasteiger partial charge in [-0.05, 0) is 18.6 Å². The number of nitrogen functional groups attached to an aromatic ring is 1. The highest BCUT2D eigenvalue weighted by Gasteiger charge is 2.34. The number of hydrogen-bond acceptors (Lipinski definition) is 5. The first-order chi connectivity index (χ1) is 10.0. The number of methoxy groups -OCH3 is 1. The molecule has 2 heterocycles. The zero-order valence-electron chi connectivity index (χ0n) is 11.9. The first-order valence-electron chi connectivity index (χ1n) is 6.64. The molecule has 1 aliphatic heterocycles. The third-order valence-electron chi connectivity index (χ3n) is 3.86. The molecule has 3 rings (SSSR count). The number of nitrogens with two attached hydrogens (primary N) is 1. The molecule has 1 aromatic carbocycles. The SMILES string of the molecule is COc1ccc2nc(N)n(C3CCC(=O)N(C)C3=O)c2c1. The molecule has 1 atom stereocenters. The van der Waals surface area contributed by atoms with Gasteiger partial charge in [0, 0.05) is 19.5 Å². The van der Waals surface area contributed by atoms with E-state index >= 15 is 0 Å². The monoisotopic (exact) mass is 288 g/mol. The van der Waals surface area contributed by atoms with E-state index in [2.05, 4.69) is 4.98 Å². The summed E-state index contributed by atoms with van der Waals surface area (Å²) in [5.41, 5.74) is 7.40. The lowest BCUT2D eigenvalue weighted by molar-refractivity contribution is -0.149. The molecule has 7 heteroatoms. The van der Waals surface area contributed by atoms with Crippen LogP contribution in [0.2, 0.25) is 0 Å². The summed E-state index contributed by atoms with van der Waals surface area (Å²) in [5.74, 6) is 0.493. The van der Waals surface area contributed by atoms with Crippen LogP contribution in [0.3, 0.4) is 0 Å². The van der Waals surface area contributed by atoms with Crippen molar-refractivity contribution in [3.05, 3.63) is 18.2 Å². The van der Waals surface area contributed by atoms with E-state index in [9.17, 15) is 9.59 Å². The van der Waals surface area contributed by atoms with E-state index in [1.807, 2.05) is 0 Å². The van der Waals surface area contributed by atoms with Gasteiger partial charge in [-0.3, -0.25) is 19.1 Å². The zero-order chi connectivity index (χ0) is 15.1. The number of amides is 2. The van der Waals surface area contributed by atoms with Gasteiger partial charge in [-0.25, -0.2) is 4.98 Å². The Hall–Kier alpha value is -2.57. The number of likely N-dealkylation sites (N-methyl/N-ethyl adjacent to an activating group) is 1. The van der Waals surface area contributed by atoms with Crippen LogP contribution < -0.4 is 10.5 Å². The van der Waals surface area contributed by atoms with E-state index in [0.29, 0.717) is 24.1 Å².